The van der Waals surface area contributed by atoms with Gasteiger partial charge in [0.2, 0.25) is 5.82 Å². The predicted molar refractivity (Wildman–Crippen MR) is 77.8 cm³/mol. The van der Waals surface area contributed by atoms with Gasteiger partial charge >= 0.3 is 0 Å². The van der Waals surface area contributed by atoms with Crippen molar-refractivity contribution in [3.63, 3.8) is 0 Å². The number of hydrogen-bond acceptors (Lipinski definition) is 5. The van der Waals surface area contributed by atoms with Crippen LogP contribution >= 0.6 is 0 Å². The van der Waals surface area contributed by atoms with Gasteiger partial charge in [-0.2, -0.15) is 4.98 Å². The van der Waals surface area contributed by atoms with Crippen LogP contribution in [0.5, 0.6) is 5.75 Å². The van der Waals surface area contributed by atoms with E-state index in [2.05, 4.69) is 21.2 Å². The molecule has 0 bridgehead atoms. The molecule has 5 heteroatoms. The van der Waals surface area contributed by atoms with E-state index >= 15 is 0 Å². The summed E-state index contributed by atoms with van der Waals surface area (Å²) < 4.78 is 10.9. The quantitative estimate of drug-likeness (QED) is 0.734. The summed E-state index contributed by atoms with van der Waals surface area (Å²) in [6.07, 6.45) is 3.38. The van der Waals surface area contributed by atoms with Gasteiger partial charge in [-0.1, -0.05) is 17.3 Å². The lowest BCUT2D eigenvalue weighted by Gasteiger charge is -2.07. The first-order chi connectivity index (χ1) is 10.2. The van der Waals surface area contributed by atoms with Crippen molar-refractivity contribution in [3.8, 4) is 17.1 Å². The molecule has 0 N–H and O–H groups in total. The van der Waals surface area contributed by atoms with E-state index in [0.29, 0.717) is 11.7 Å². The molecule has 0 aliphatic heterocycles. The third kappa shape index (κ3) is 3.08. The third-order valence-electron chi connectivity index (χ3n) is 3.10. The van der Waals surface area contributed by atoms with Gasteiger partial charge < -0.3 is 9.26 Å². The average molecular weight is 281 g/mol. The van der Waals surface area contributed by atoms with Crippen LogP contribution in [0.15, 0.2) is 47.2 Å². The maximum absolute atomic E-state index is 5.74. The number of ether oxygens (including phenoxy) is 1. The highest BCUT2D eigenvalue weighted by molar-refractivity contribution is 5.52. The van der Waals surface area contributed by atoms with Crippen LogP contribution in [-0.4, -0.2) is 15.1 Å². The van der Waals surface area contributed by atoms with Crippen LogP contribution in [0, 0.1) is 13.8 Å². The zero-order valence-corrected chi connectivity index (χ0v) is 11.9. The Balaban J connectivity index is 1.72. The molecular weight excluding hydrogens is 266 g/mol. The number of aryl methyl sites for hydroxylation is 2. The van der Waals surface area contributed by atoms with Gasteiger partial charge in [-0.3, -0.25) is 4.98 Å². The van der Waals surface area contributed by atoms with Crippen LogP contribution in [0.1, 0.15) is 17.0 Å². The SMILES string of the molecule is Cc1ccc(C)c(OCc2nc(-c3ccncc3)no2)c1. The zero-order valence-electron chi connectivity index (χ0n) is 11.9. The molecule has 0 radical (unpaired) electrons. The minimum atomic E-state index is 0.252. The van der Waals surface area contributed by atoms with Crippen molar-refractivity contribution in [2.45, 2.75) is 20.5 Å². The molecule has 0 unspecified atom stereocenters. The fourth-order valence-corrected chi connectivity index (χ4v) is 1.93. The van der Waals surface area contributed by atoms with Gasteiger partial charge in [0.25, 0.3) is 5.89 Å². The molecule has 0 amide bonds. The van der Waals surface area contributed by atoms with E-state index in [0.717, 1.165) is 22.4 Å². The summed E-state index contributed by atoms with van der Waals surface area (Å²) in [6.45, 7) is 4.29. The molecule has 0 aliphatic carbocycles. The first-order valence-corrected chi connectivity index (χ1v) is 6.65. The highest BCUT2D eigenvalue weighted by Crippen LogP contribution is 2.21. The Morgan fingerprint density at radius 2 is 1.90 bits per heavy atom. The summed E-state index contributed by atoms with van der Waals surface area (Å²) in [6, 6.07) is 9.74. The lowest BCUT2D eigenvalue weighted by Crippen LogP contribution is -1.97. The molecule has 106 valence electrons. The lowest BCUT2D eigenvalue weighted by atomic mass is 10.1. The number of pyridine rings is 1. The fraction of sp³-hybridized carbons (Fsp3) is 0.188. The number of rotatable bonds is 4. The zero-order chi connectivity index (χ0) is 14.7. The van der Waals surface area contributed by atoms with Gasteiger partial charge in [0, 0.05) is 18.0 Å². The standard InChI is InChI=1S/C16H15N3O2/c1-11-3-4-12(2)14(9-11)20-10-15-18-16(19-21-15)13-5-7-17-8-6-13/h3-9H,10H2,1-2H3. The van der Waals surface area contributed by atoms with Gasteiger partial charge in [0.05, 0.1) is 0 Å². The molecule has 3 rings (SSSR count). The van der Waals surface area contributed by atoms with Crippen LogP contribution in [0.25, 0.3) is 11.4 Å². The van der Waals surface area contributed by atoms with E-state index in [1.54, 1.807) is 12.4 Å². The summed E-state index contributed by atoms with van der Waals surface area (Å²) in [7, 11) is 0. The normalized spacial score (nSPS) is 10.6. The van der Waals surface area contributed by atoms with Gasteiger partial charge in [-0.05, 0) is 43.2 Å². The lowest BCUT2D eigenvalue weighted by molar-refractivity contribution is 0.241. The highest BCUT2D eigenvalue weighted by atomic mass is 16.5. The smallest absolute Gasteiger partial charge is 0.264 e. The van der Waals surface area contributed by atoms with E-state index in [1.165, 1.54) is 0 Å². The Bertz CT molecular complexity index is 738. The average Bonchev–Trinajstić information content (AvgIpc) is 2.98. The van der Waals surface area contributed by atoms with E-state index in [4.69, 9.17) is 9.26 Å². The van der Waals surface area contributed by atoms with Crippen LogP contribution in [0.2, 0.25) is 0 Å². The van der Waals surface area contributed by atoms with Crippen molar-refractivity contribution >= 4 is 0 Å². The topological polar surface area (TPSA) is 61.0 Å². The molecule has 21 heavy (non-hydrogen) atoms. The van der Waals surface area contributed by atoms with Crippen molar-refractivity contribution in [2.75, 3.05) is 0 Å². The van der Waals surface area contributed by atoms with Crippen molar-refractivity contribution in [1.29, 1.82) is 0 Å². The maximum atomic E-state index is 5.74. The molecule has 5 nitrogen and oxygen atoms in total. The van der Waals surface area contributed by atoms with Gasteiger partial charge in [-0.15, -0.1) is 0 Å². The monoisotopic (exact) mass is 281 g/mol. The molecule has 0 fully saturated rings. The van der Waals surface area contributed by atoms with Crippen molar-refractivity contribution in [3.05, 3.63) is 59.7 Å². The summed E-state index contributed by atoms with van der Waals surface area (Å²) in [5.74, 6) is 1.82. The molecule has 2 heterocycles. The second-order valence-electron chi connectivity index (χ2n) is 4.81. The third-order valence-corrected chi connectivity index (χ3v) is 3.10. The molecule has 0 saturated heterocycles. The fourth-order valence-electron chi connectivity index (χ4n) is 1.93. The van der Waals surface area contributed by atoms with Crippen LogP contribution < -0.4 is 4.74 Å². The molecule has 0 atom stereocenters. The van der Waals surface area contributed by atoms with Gasteiger partial charge in [0.15, 0.2) is 6.61 Å². The van der Waals surface area contributed by atoms with E-state index in [9.17, 15) is 0 Å². The number of hydrogen-bond donors (Lipinski definition) is 0. The van der Waals surface area contributed by atoms with Crippen molar-refractivity contribution in [2.24, 2.45) is 0 Å². The minimum Gasteiger partial charge on any atom is -0.483 e. The van der Waals surface area contributed by atoms with Gasteiger partial charge in [0.1, 0.15) is 5.75 Å². The molecule has 3 aromatic rings. The summed E-state index contributed by atoms with van der Waals surface area (Å²) in [4.78, 5) is 8.28. The van der Waals surface area contributed by atoms with E-state index in [1.807, 2.05) is 38.1 Å². The molecule has 0 aliphatic rings. The van der Waals surface area contributed by atoms with Gasteiger partial charge in [-0.25, -0.2) is 0 Å². The highest BCUT2D eigenvalue weighted by Gasteiger charge is 2.09. The molecular formula is C16H15N3O2. The summed E-state index contributed by atoms with van der Waals surface area (Å²) in [5.41, 5.74) is 3.10. The summed E-state index contributed by atoms with van der Waals surface area (Å²) >= 11 is 0. The molecule has 2 aromatic heterocycles. The number of benzene rings is 1. The van der Waals surface area contributed by atoms with E-state index < -0.39 is 0 Å². The number of aromatic nitrogens is 3. The van der Waals surface area contributed by atoms with Crippen LogP contribution in [0.3, 0.4) is 0 Å². The van der Waals surface area contributed by atoms with Crippen LogP contribution in [-0.2, 0) is 6.61 Å². The van der Waals surface area contributed by atoms with Crippen LogP contribution in [0.4, 0.5) is 0 Å². The molecule has 0 saturated carbocycles. The second kappa shape index (κ2) is 5.75. The molecule has 1 aromatic carbocycles. The Labute approximate surface area is 122 Å². The van der Waals surface area contributed by atoms with Crippen molar-refractivity contribution in [1.82, 2.24) is 15.1 Å². The Kier molecular flexibility index (Phi) is 3.64. The second-order valence-corrected chi connectivity index (χ2v) is 4.81. The first kappa shape index (κ1) is 13.3. The molecule has 0 spiro atoms. The largest absolute Gasteiger partial charge is 0.483 e. The Morgan fingerprint density at radius 3 is 2.71 bits per heavy atom. The maximum Gasteiger partial charge on any atom is 0.264 e. The number of nitrogens with zero attached hydrogens (tertiary/aromatic N) is 3. The first-order valence-electron chi connectivity index (χ1n) is 6.65. The minimum absolute atomic E-state index is 0.252. The summed E-state index contributed by atoms with van der Waals surface area (Å²) in [5, 5.41) is 3.94. The predicted octanol–water partition coefficient (Wildman–Crippen LogP) is 3.33. The van der Waals surface area contributed by atoms with E-state index in [-0.39, 0.29) is 6.61 Å². The van der Waals surface area contributed by atoms with Crippen molar-refractivity contribution < 1.29 is 9.26 Å². The Morgan fingerprint density at radius 1 is 1.10 bits per heavy atom. The Hall–Kier alpha value is -2.69.